The van der Waals surface area contributed by atoms with Crippen LogP contribution < -0.4 is 39.2 Å². The Morgan fingerprint density at radius 1 is 1.01 bits per heavy atom. The van der Waals surface area contributed by atoms with Crippen LogP contribution >= 0.6 is 23.4 Å². The molecule has 72 heavy (non-hydrogen) atoms. The molecule has 0 aliphatic heterocycles. The first-order valence-electron chi connectivity index (χ1n) is 21.3. The molecule has 3 amide bonds. The van der Waals surface area contributed by atoms with E-state index in [9.17, 15) is 62.5 Å². The van der Waals surface area contributed by atoms with Crippen LogP contribution in [0.2, 0.25) is 5.02 Å². The fourth-order valence-corrected chi connectivity index (χ4v) is 8.05. The van der Waals surface area contributed by atoms with Crippen LogP contribution in [0.4, 0.5) is 54.5 Å². The van der Waals surface area contributed by atoms with Gasteiger partial charge in [-0.15, -0.1) is 6.42 Å². The largest absolute Gasteiger partial charge is 1.00 e. The van der Waals surface area contributed by atoms with Crippen LogP contribution in [0, 0.1) is 18.1 Å². The zero-order valence-corrected chi connectivity index (χ0v) is 44.8. The third-order valence-electron chi connectivity index (χ3n) is 10.5. The second-order valence-electron chi connectivity index (χ2n) is 16.7. The summed E-state index contributed by atoms with van der Waals surface area (Å²) in [5, 5.41) is 18.6. The summed E-state index contributed by atoms with van der Waals surface area (Å²) in [6.07, 6.45) is -5.98. The number of amides is 3. The van der Waals surface area contributed by atoms with Gasteiger partial charge in [0.25, 0.3) is 0 Å². The number of carbonyl (C=O) groups excluding carboxylic acids is 2. The van der Waals surface area contributed by atoms with Crippen LogP contribution in [-0.2, 0) is 65.0 Å². The van der Waals surface area contributed by atoms with Gasteiger partial charge in [-0.25, -0.2) is 33.0 Å². The second-order valence-corrected chi connectivity index (χ2v) is 20.0. The molecular weight excluding hydrogens is 1050 g/mol. The number of carboxylic acids is 1. The van der Waals surface area contributed by atoms with E-state index in [-0.39, 0.29) is 87.4 Å². The van der Waals surface area contributed by atoms with Gasteiger partial charge in [0.15, 0.2) is 17.4 Å². The molecule has 1 aliphatic carbocycles. The van der Waals surface area contributed by atoms with Crippen molar-refractivity contribution < 1.29 is 97.2 Å². The number of rotatable bonds is 14. The number of pyridine rings is 1. The number of urea groups is 1. The molecule has 6 rings (SSSR count). The number of fused-ring (bicyclic) bond motifs is 2. The van der Waals surface area contributed by atoms with Crippen LogP contribution in [0.5, 0.6) is 0 Å². The Bertz CT molecular complexity index is 2730. The van der Waals surface area contributed by atoms with E-state index in [0.29, 0.717) is 44.7 Å². The molecule has 0 saturated heterocycles. The van der Waals surface area contributed by atoms with Crippen molar-refractivity contribution in [3.63, 3.8) is 0 Å². The van der Waals surface area contributed by atoms with Gasteiger partial charge >= 0.3 is 53.9 Å². The average Bonchev–Trinajstić information content (AvgIpc) is 3.93. The molecule has 0 radical (unpaired) electrons. The van der Waals surface area contributed by atoms with E-state index < -0.39 is 101 Å². The van der Waals surface area contributed by atoms with E-state index in [1.165, 1.54) is 26.1 Å². The summed E-state index contributed by atoms with van der Waals surface area (Å²) in [4.78, 5) is 41.9. The maximum Gasteiger partial charge on any atom is 1.00 e. The zero-order chi connectivity index (χ0) is 53.6. The van der Waals surface area contributed by atoms with Crippen molar-refractivity contribution in [3.05, 3.63) is 99.4 Å². The summed E-state index contributed by atoms with van der Waals surface area (Å²) in [5.41, 5.74) is -1.36. The number of aliphatic carboxylic acids is 1. The summed E-state index contributed by atoms with van der Waals surface area (Å²) >= 11 is 8.45. The van der Waals surface area contributed by atoms with Gasteiger partial charge in [0, 0.05) is 54.0 Å². The fourth-order valence-electron chi connectivity index (χ4n) is 7.08. The number of carbonyl (C=O) groups is 3. The zero-order valence-electron chi connectivity index (χ0n) is 40.4. The molecule has 3 aromatic heterocycles. The summed E-state index contributed by atoms with van der Waals surface area (Å²) < 4.78 is 150. The molecular formula is C45H50ClF10N8NaO5S2. The normalized spacial score (nSPS) is 13.9. The fraction of sp³-hybridized carbons (Fsp3) is 0.444. The first-order chi connectivity index (χ1) is 32.9. The molecule has 2 N–H and O–H groups in total. The Balaban J connectivity index is 0.000000488. The molecule has 27 heteroatoms. The molecule has 0 saturated carbocycles. The molecule has 0 spiro atoms. The molecule has 13 nitrogen and oxygen atoms in total. The number of aromatic nitrogens is 5. The number of alkyl halides is 8. The maximum absolute atomic E-state index is 14.1. The van der Waals surface area contributed by atoms with Crippen molar-refractivity contribution in [2.75, 3.05) is 30.4 Å². The number of nitrogens with one attached hydrogen (secondary N) is 1. The number of thioether (sulfide) groups is 1. The Morgan fingerprint density at radius 2 is 1.61 bits per heavy atom. The second kappa shape index (κ2) is 25.2. The predicted molar refractivity (Wildman–Crippen MR) is 250 cm³/mol. The quantitative estimate of drug-likeness (QED) is 0.0492. The molecule has 2 aromatic carbocycles. The van der Waals surface area contributed by atoms with Gasteiger partial charge in [-0.3, -0.25) is 23.9 Å². The predicted octanol–water partition coefficient (Wildman–Crippen LogP) is 7.74. The van der Waals surface area contributed by atoms with E-state index in [1.54, 1.807) is 19.1 Å². The van der Waals surface area contributed by atoms with E-state index in [0.717, 1.165) is 28.0 Å². The molecule has 2 atom stereocenters. The molecule has 390 valence electrons. The van der Waals surface area contributed by atoms with Gasteiger partial charge in [-0.05, 0) is 61.4 Å². The summed E-state index contributed by atoms with van der Waals surface area (Å²) in [6.45, 7) is 7.89. The number of nitrogens with zero attached hydrogens (tertiary/aromatic N) is 7. The van der Waals surface area contributed by atoms with E-state index in [2.05, 4.69) is 47.5 Å². The van der Waals surface area contributed by atoms with Crippen molar-refractivity contribution in [3.8, 4) is 11.1 Å². The minimum absolute atomic E-state index is 0. The summed E-state index contributed by atoms with van der Waals surface area (Å²) in [5.74, 6) is -6.75. The smallest absolute Gasteiger partial charge is 0.481 e. The van der Waals surface area contributed by atoms with Gasteiger partial charge < -0.3 is 15.3 Å². The number of anilines is 1. The third-order valence-corrected chi connectivity index (χ3v) is 12.9. The van der Waals surface area contributed by atoms with E-state index in [1.807, 2.05) is 11.8 Å². The number of hydrogen-bond acceptors (Lipinski definition) is 8. The Labute approximate surface area is 442 Å². The van der Waals surface area contributed by atoms with Gasteiger partial charge in [0.1, 0.15) is 29.2 Å². The van der Waals surface area contributed by atoms with Crippen LogP contribution in [0.1, 0.15) is 81.0 Å². The number of halogens is 11. The monoisotopic (exact) mass is 1090 g/mol. The molecule has 0 bridgehead atoms. The van der Waals surface area contributed by atoms with Crippen LogP contribution in [0.3, 0.4) is 0 Å². The number of hydrogen-bond donors (Lipinski definition) is 2. The number of benzene rings is 2. The third kappa shape index (κ3) is 15.8. The van der Waals surface area contributed by atoms with E-state index in [4.69, 9.17) is 16.7 Å². The summed E-state index contributed by atoms with van der Waals surface area (Å²) in [6, 6.07) is 6.66. The summed E-state index contributed by atoms with van der Waals surface area (Å²) in [7, 11) is -1.01. The molecule has 3 heterocycles. The number of aryl methyl sites for hydroxylation is 2. The van der Waals surface area contributed by atoms with Crippen LogP contribution in [0.25, 0.3) is 22.0 Å². The van der Waals surface area contributed by atoms with Crippen LogP contribution in [0.15, 0.2) is 42.5 Å². The topological polar surface area (TPSA) is 156 Å². The molecule has 0 fully saturated rings. The minimum atomic E-state index is -4.84. The van der Waals surface area contributed by atoms with Crippen molar-refractivity contribution in [2.24, 2.45) is 0 Å². The van der Waals surface area contributed by atoms with Gasteiger partial charge in [0.2, 0.25) is 6.41 Å². The Morgan fingerprint density at radius 3 is 2.11 bits per heavy atom. The molecule has 5 aromatic rings. The first-order valence-corrected chi connectivity index (χ1v) is 24.4. The van der Waals surface area contributed by atoms with Crippen molar-refractivity contribution in [2.45, 2.75) is 102 Å². The molecule has 1 aliphatic rings. The van der Waals surface area contributed by atoms with Crippen LogP contribution in [-0.4, -0.2) is 94.2 Å². The Kier molecular flexibility index (Phi) is 21.7. The van der Waals surface area contributed by atoms with Crippen molar-refractivity contribution in [1.29, 1.82) is 0 Å². The minimum Gasteiger partial charge on any atom is -0.481 e. The van der Waals surface area contributed by atoms with Crippen molar-refractivity contribution >= 4 is 69.5 Å². The number of carboxylic acid groups (broad SMARTS) is 1. The Hall–Kier alpha value is -4.43. The average molecular weight is 1100 g/mol. The van der Waals surface area contributed by atoms with Gasteiger partial charge in [-0.2, -0.15) is 52.6 Å². The van der Waals surface area contributed by atoms with Crippen molar-refractivity contribution in [1.82, 2.24) is 34.8 Å². The maximum atomic E-state index is 14.1. The standard InChI is InChI=1S/C31H30ClF5N6O5S.C9H8F5N2.C5H12S.Na/c1-4-20-5-6-21(27(39-20)24(38-16-44)13-17-11-18(33)14-19(34)12-17)22-7-8-23(32)26-28(22)42(15-31(35,36)37)40-29(26)43(49(3)48)30(47)41(2)10-9-25(45)46;1-2-16-7-5(3-4-8(7,10)11)6(15-16)9(12,13)14;1-5(2,3)6-4;/h5-8,11-12,14,16,24H,4,9-10,13,15H2,1-3H3,(H,38,44)(H,45,46);4H,2-3H2,1H3;1-4H3;/q;-1;;+1. The SMILES string of the molecule is CCc1ccc(-c2ccc(Cl)c3c(N(C(=O)N(C)CCC(=O)O)S(C)=O)nn(CC(F)(F)F)c23)c(C(Cc2cc(F)cc(F)c2)NC=O)n1.CCn1nc(C(F)(F)F)c2c1C(F)(F)[CH-]C2.CSC(C)(C)C.[Na+]. The molecule has 2 unspecified atom stereocenters. The van der Waals surface area contributed by atoms with Gasteiger partial charge in [-0.1, -0.05) is 51.4 Å². The first kappa shape index (κ1) is 61.9. The van der Waals surface area contributed by atoms with E-state index >= 15 is 0 Å². The van der Waals surface area contributed by atoms with Gasteiger partial charge in [0.05, 0.1) is 39.8 Å².